The van der Waals surface area contributed by atoms with Gasteiger partial charge in [0.25, 0.3) is 0 Å². The van der Waals surface area contributed by atoms with Gasteiger partial charge in [-0.2, -0.15) is 0 Å². The lowest BCUT2D eigenvalue weighted by Crippen LogP contribution is -2.30. The van der Waals surface area contributed by atoms with Crippen LogP contribution in [0, 0.1) is 0 Å². The zero-order chi connectivity index (χ0) is 73.7. The van der Waals surface area contributed by atoms with E-state index in [1.165, 1.54) is 205 Å². The molecule has 0 aromatic heterocycles. The molecule has 0 bridgehead atoms. The van der Waals surface area contributed by atoms with E-state index < -0.39 is 91.5 Å². The molecule has 4 N–H and O–H groups in total. The molecule has 18 heteroatoms. The minimum absolute atomic E-state index is 0.0970. The Labute approximate surface area is 617 Å². The summed E-state index contributed by atoms with van der Waals surface area (Å²) in [4.78, 5) is 58.6. The van der Waals surface area contributed by atoms with E-state index >= 15 is 0 Å². The Balaban J connectivity index is 4.33. The molecule has 0 radical (unpaired) electrons. The van der Waals surface area contributed by atoms with Crippen LogP contribution in [-0.4, -0.2) is 95.9 Å². The van der Waals surface area contributed by atoms with Crippen LogP contribution in [0.15, 0.2) is 72.9 Å². The molecule has 101 heavy (non-hydrogen) atoms. The van der Waals surface area contributed by atoms with Crippen molar-refractivity contribution in [1.82, 2.24) is 0 Å². The van der Waals surface area contributed by atoms with Crippen LogP contribution in [0.5, 0.6) is 0 Å². The highest BCUT2D eigenvalue weighted by atomic mass is 31.2. The van der Waals surface area contributed by atoms with Gasteiger partial charge < -0.3 is 34.2 Å². The Morgan fingerprint density at radius 1 is 0.277 bits per heavy atom. The first-order chi connectivity index (χ1) is 49.2. The summed E-state index contributed by atoms with van der Waals surface area (Å²) in [6.45, 7) is 2.68. The van der Waals surface area contributed by atoms with Crippen molar-refractivity contribution in [3.63, 3.8) is 0 Å². The molecule has 0 heterocycles. The SMILES string of the molecule is CCCCC/C=C\C/C=C\C/C=C\C/C=C\CCCCCCCCCCCCCCCCCCCCCC(=O)OCC(O)COP(=O)(O)OCC(O)COP(=O)(O)OCC(COC(=O)CCCCCCC/C=C\CCCCCCCC)OC(=O)CCCCCCC/C=C\CCCCCCCC. The number of unbranched alkanes of at least 4 members (excludes halogenated alkanes) is 44. The van der Waals surface area contributed by atoms with Crippen molar-refractivity contribution in [2.24, 2.45) is 0 Å². The first-order valence-corrected chi connectivity index (χ1v) is 44.2. The molecule has 0 rings (SSSR count). The molecule has 0 amide bonds. The van der Waals surface area contributed by atoms with Gasteiger partial charge in [-0.15, -0.1) is 0 Å². The van der Waals surface area contributed by atoms with Crippen molar-refractivity contribution >= 4 is 33.6 Å². The lowest BCUT2D eigenvalue weighted by molar-refractivity contribution is -0.161. The Morgan fingerprint density at radius 3 is 0.812 bits per heavy atom. The quantitative estimate of drug-likeness (QED) is 0.0146. The van der Waals surface area contributed by atoms with Crippen LogP contribution in [0.1, 0.15) is 380 Å². The predicted molar refractivity (Wildman–Crippen MR) is 418 cm³/mol. The fourth-order valence-electron chi connectivity index (χ4n) is 11.5. The number of hydrogen-bond acceptors (Lipinski definition) is 14. The van der Waals surface area contributed by atoms with Gasteiger partial charge in [0.05, 0.1) is 26.4 Å². The Bertz CT molecular complexity index is 2130. The zero-order valence-corrected chi connectivity index (χ0v) is 66.4. The molecule has 0 spiro atoms. The summed E-state index contributed by atoms with van der Waals surface area (Å²) in [5, 5.41) is 20.6. The van der Waals surface area contributed by atoms with E-state index in [2.05, 4.69) is 93.7 Å². The lowest BCUT2D eigenvalue weighted by atomic mass is 10.0. The highest BCUT2D eigenvalue weighted by Gasteiger charge is 2.29. The van der Waals surface area contributed by atoms with Crippen LogP contribution in [0.3, 0.4) is 0 Å². The van der Waals surface area contributed by atoms with Gasteiger partial charge in [-0.05, 0) is 116 Å². The van der Waals surface area contributed by atoms with E-state index in [-0.39, 0.29) is 19.3 Å². The molecule has 0 saturated heterocycles. The van der Waals surface area contributed by atoms with Crippen LogP contribution in [0.2, 0.25) is 0 Å². The summed E-state index contributed by atoms with van der Waals surface area (Å²) in [6.07, 6.45) is 85.5. The number of aliphatic hydroxyl groups is 2. The first kappa shape index (κ1) is 98.0. The molecular weight excluding hydrogens is 1310 g/mol. The number of rotatable bonds is 79. The smallest absolute Gasteiger partial charge is 0.463 e. The number of aliphatic hydroxyl groups excluding tert-OH is 2. The maximum Gasteiger partial charge on any atom is 0.472 e. The van der Waals surface area contributed by atoms with E-state index in [0.29, 0.717) is 19.3 Å². The van der Waals surface area contributed by atoms with Crippen molar-refractivity contribution < 1.29 is 75.8 Å². The molecule has 590 valence electrons. The monoisotopic (exact) mass is 1470 g/mol. The standard InChI is InChI=1S/C83H152O16P2/c1-4-7-10-13-16-19-22-25-28-29-30-31-32-33-34-35-36-37-38-39-40-41-42-43-44-45-46-47-50-52-54-57-60-63-66-69-81(86)93-72-78(84)73-95-100(89,90)96-74-79(85)75-97-101(91,92)98-77-80(99-83(88)71-68-65-62-59-56-53-49-27-24-21-18-15-12-9-6-3)76-94-82(87)70-67-64-61-58-55-51-48-26-23-20-17-14-11-8-5-2/h16,19,25-28,30-31,33-34,48-49,78-80,84-85H,4-15,17-18,20-24,29,32,35-47,50-77H2,1-3H3,(H,89,90)(H,91,92)/b19-16-,28-25-,31-30-,34-33-,48-26-,49-27-. The Hall–Kier alpha value is -3.01. The summed E-state index contributed by atoms with van der Waals surface area (Å²) >= 11 is 0. The van der Waals surface area contributed by atoms with E-state index in [9.17, 15) is 43.5 Å². The number of esters is 3. The van der Waals surface area contributed by atoms with Gasteiger partial charge in [-0.3, -0.25) is 32.5 Å². The van der Waals surface area contributed by atoms with Crippen molar-refractivity contribution in [3.05, 3.63) is 72.9 Å². The fraction of sp³-hybridized carbons (Fsp3) is 0.819. The van der Waals surface area contributed by atoms with Crippen molar-refractivity contribution in [2.75, 3.05) is 39.6 Å². The fourth-order valence-corrected chi connectivity index (χ4v) is 13.1. The van der Waals surface area contributed by atoms with E-state index in [4.69, 9.17) is 32.3 Å². The average Bonchev–Trinajstić information content (AvgIpc) is 1.74. The zero-order valence-electron chi connectivity index (χ0n) is 64.6. The van der Waals surface area contributed by atoms with Crippen LogP contribution < -0.4 is 0 Å². The molecule has 0 saturated carbocycles. The lowest BCUT2D eigenvalue weighted by Gasteiger charge is -2.21. The molecule has 0 aliphatic rings. The Kier molecular flexibility index (Phi) is 74.3. The second-order valence-corrected chi connectivity index (χ2v) is 30.8. The van der Waals surface area contributed by atoms with Crippen LogP contribution in [-0.2, 0) is 55.8 Å². The maximum absolute atomic E-state index is 12.9. The van der Waals surface area contributed by atoms with E-state index in [0.717, 1.165) is 116 Å². The molecule has 0 aromatic rings. The number of phosphoric acid groups is 2. The van der Waals surface area contributed by atoms with Crippen LogP contribution in [0.25, 0.3) is 0 Å². The second kappa shape index (κ2) is 76.6. The largest absolute Gasteiger partial charge is 0.472 e. The van der Waals surface area contributed by atoms with E-state index in [1.807, 2.05) is 0 Å². The molecule has 0 aromatic carbocycles. The summed E-state index contributed by atoms with van der Waals surface area (Å²) < 4.78 is 61.1. The van der Waals surface area contributed by atoms with Gasteiger partial charge in [-0.25, -0.2) is 9.13 Å². The van der Waals surface area contributed by atoms with Gasteiger partial charge >= 0.3 is 33.6 Å². The normalized spacial score (nSPS) is 14.3. The highest BCUT2D eigenvalue weighted by molar-refractivity contribution is 7.47. The molecule has 16 nitrogen and oxygen atoms in total. The van der Waals surface area contributed by atoms with Gasteiger partial charge in [0.1, 0.15) is 25.4 Å². The molecule has 5 unspecified atom stereocenters. The van der Waals surface area contributed by atoms with Gasteiger partial charge in [0.2, 0.25) is 0 Å². The molecule has 0 aliphatic heterocycles. The van der Waals surface area contributed by atoms with Crippen LogP contribution in [0.4, 0.5) is 0 Å². The van der Waals surface area contributed by atoms with Crippen molar-refractivity contribution in [3.8, 4) is 0 Å². The number of allylic oxidation sites excluding steroid dienone is 12. The first-order valence-electron chi connectivity index (χ1n) is 41.2. The summed E-state index contributed by atoms with van der Waals surface area (Å²) in [5.74, 6) is -1.57. The maximum atomic E-state index is 12.9. The summed E-state index contributed by atoms with van der Waals surface area (Å²) in [5.41, 5.74) is 0. The van der Waals surface area contributed by atoms with Gasteiger partial charge in [-0.1, -0.05) is 318 Å². The van der Waals surface area contributed by atoms with Crippen molar-refractivity contribution in [2.45, 2.75) is 399 Å². The molecular formula is C83H152O16P2. The topological polar surface area (TPSA) is 231 Å². The third-order valence-electron chi connectivity index (χ3n) is 17.9. The summed E-state index contributed by atoms with van der Waals surface area (Å²) in [7, 11) is -9.78. The second-order valence-electron chi connectivity index (χ2n) is 27.9. The van der Waals surface area contributed by atoms with Gasteiger partial charge in [0.15, 0.2) is 6.10 Å². The number of ether oxygens (including phenoxy) is 3. The predicted octanol–water partition coefficient (Wildman–Crippen LogP) is 24.2. The minimum atomic E-state index is -4.93. The minimum Gasteiger partial charge on any atom is -0.463 e. The number of carbonyl (C=O) groups is 3. The summed E-state index contributed by atoms with van der Waals surface area (Å²) in [6, 6.07) is 0. The third-order valence-corrected chi connectivity index (χ3v) is 19.8. The number of phosphoric ester groups is 2. The number of hydrogen-bond donors (Lipinski definition) is 4. The van der Waals surface area contributed by atoms with E-state index in [1.54, 1.807) is 0 Å². The Morgan fingerprint density at radius 2 is 0.495 bits per heavy atom. The molecule has 0 fully saturated rings. The van der Waals surface area contributed by atoms with Gasteiger partial charge in [0, 0.05) is 19.3 Å². The molecule has 0 aliphatic carbocycles. The highest BCUT2D eigenvalue weighted by Crippen LogP contribution is 2.45. The third kappa shape index (κ3) is 77.9. The average molecular weight is 1470 g/mol. The van der Waals surface area contributed by atoms with Crippen LogP contribution >= 0.6 is 15.6 Å². The number of carbonyl (C=O) groups excluding carboxylic acids is 3. The molecule has 5 atom stereocenters. The van der Waals surface area contributed by atoms with Crippen molar-refractivity contribution in [1.29, 1.82) is 0 Å².